The van der Waals surface area contributed by atoms with Crippen LogP contribution in [0.3, 0.4) is 0 Å². The number of nitrogens with one attached hydrogen (secondary N) is 1. The van der Waals surface area contributed by atoms with Gasteiger partial charge in [-0.3, -0.25) is 0 Å². The highest BCUT2D eigenvalue weighted by Gasteiger charge is 2.17. The van der Waals surface area contributed by atoms with Crippen molar-refractivity contribution in [1.29, 1.82) is 0 Å². The molecule has 0 aliphatic heterocycles. The smallest absolute Gasteiger partial charge is 0.0998 e. The van der Waals surface area contributed by atoms with Gasteiger partial charge in [-0.25, -0.2) is 4.98 Å². The van der Waals surface area contributed by atoms with Crippen molar-refractivity contribution in [3.05, 3.63) is 46.0 Å². The van der Waals surface area contributed by atoms with Crippen LogP contribution in [0.4, 0.5) is 0 Å². The molecule has 0 bridgehead atoms. The topological polar surface area (TPSA) is 29.9 Å². The molecule has 3 rings (SSSR count). The van der Waals surface area contributed by atoms with Crippen LogP contribution in [0.15, 0.2) is 29.0 Å². The number of hydrogen-bond acceptors (Lipinski definition) is 2. The lowest BCUT2D eigenvalue weighted by molar-refractivity contribution is 0.588. The predicted octanol–water partition coefficient (Wildman–Crippen LogP) is 4.01. The van der Waals surface area contributed by atoms with Crippen LogP contribution in [0.25, 0.3) is 5.69 Å². The van der Waals surface area contributed by atoms with Gasteiger partial charge in [0.2, 0.25) is 0 Å². The third kappa shape index (κ3) is 3.22. The lowest BCUT2D eigenvalue weighted by atomic mass is 10.0. The van der Waals surface area contributed by atoms with Gasteiger partial charge in [0.15, 0.2) is 0 Å². The van der Waals surface area contributed by atoms with Crippen LogP contribution in [0.5, 0.6) is 0 Å². The van der Waals surface area contributed by atoms with Gasteiger partial charge < -0.3 is 9.88 Å². The fourth-order valence-electron chi connectivity index (χ4n) is 2.85. The largest absolute Gasteiger partial charge is 0.310 e. The summed E-state index contributed by atoms with van der Waals surface area (Å²) in [6, 6.07) is 7.10. The van der Waals surface area contributed by atoms with E-state index in [1.165, 1.54) is 35.5 Å². The van der Waals surface area contributed by atoms with Crippen LogP contribution < -0.4 is 5.32 Å². The molecular formula is C17H22BrN3. The van der Waals surface area contributed by atoms with E-state index in [9.17, 15) is 0 Å². The molecule has 0 amide bonds. The second-order valence-corrected chi connectivity index (χ2v) is 6.89. The monoisotopic (exact) mass is 347 g/mol. The number of rotatable bonds is 4. The summed E-state index contributed by atoms with van der Waals surface area (Å²) in [5, 5.41) is 3.45. The molecule has 0 fully saturated rings. The Hall–Kier alpha value is -1.13. The number of aryl methyl sites for hydroxylation is 1. The van der Waals surface area contributed by atoms with Crippen LogP contribution in [0.1, 0.15) is 43.6 Å². The molecule has 0 saturated heterocycles. The molecule has 0 unspecified atom stereocenters. The molecule has 1 N–H and O–H groups in total. The molecule has 0 saturated carbocycles. The van der Waals surface area contributed by atoms with Gasteiger partial charge in [0.25, 0.3) is 0 Å². The summed E-state index contributed by atoms with van der Waals surface area (Å²) >= 11 is 3.73. The van der Waals surface area contributed by atoms with E-state index in [1.54, 1.807) is 0 Å². The van der Waals surface area contributed by atoms with Crippen molar-refractivity contribution in [1.82, 2.24) is 14.9 Å². The molecule has 1 heterocycles. The maximum atomic E-state index is 4.59. The lowest BCUT2D eigenvalue weighted by Gasteiger charge is -2.16. The fraction of sp³-hybridized carbons (Fsp3) is 0.471. The second kappa shape index (κ2) is 6.32. The van der Waals surface area contributed by atoms with E-state index in [0.29, 0.717) is 6.04 Å². The molecular weight excluding hydrogens is 326 g/mol. The van der Waals surface area contributed by atoms with Gasteiger partial charge in [-0.05, 0) is 59.3 Å². The number of aromatic nitrogens is 2. The van der Waals surface area contributed by atoms with Gasteiger partial charge in [-0.2, -0.15) is 0 Å². The van der Waals surface area contributed by atoms with Crippen LogP contribution in [0, 0.1) is 0 Å². The Bertz CT molecular complexity index is 631. The minimum atomic E-state index is 0.504. The number of fused-ring (bicyclic) bond motifs is 1. The van der Waals surface area contributed by atoms with E-state index in [0.717, 1.165) is 23.9 Å². The Kier molecular flexibility index (Phi) is 4.45. The number of benzene rings is 1. The summed E-state index contributed by atoms with van der Waals surface area (Å²) in [5.74, 6) is 0. The van der Waals surface area contributed by atoms with Crippen molar-refractivity contribution in [3.8, 4) is 5.69 Å². The highest BCUT2D eigenvalue weighted by atomic mass is 79.9. The first-order valence-corrected chi connectivity index (χ1v) is 8.51. The maximum Gasteiger partial charge on any atom is 0.0998 e. The molecule has 0 atom stereocenters. The molecule has 1 aliphatic rings. The Labute approximate surface area is 134 Å². The third-order valence-electron chi connectivity index (χ3n) is 4.02. The zero-order valence-electron chi connectivity index (χ0n) is 12.7. The van der Waals surface area contributed by atoms with Crippen molar-refractivity contribution in [3.63, 3.8) is 0 Å². The normalized spacial score (nSPS) is 14.5. The first-order chi connectivity index (χ1) is 10.1. The van der Waals surface area contributed by atoms with Gasteiger partial charge in [0.1, 0.15) is 0 Å². The van der Waals surface area contributed by atoms with Crippen LogP contribution >= 0.6 is 15.9 Å². The van der Waals surface area contributed by atoms with E-state index in [-0.39, 0.29) is 0 Å². The second-order valence-electron chi connectivity index (χ2n) is 6.04. The van der Waals surface area contributed by atoms with E-state index in [4.69, 9.17) is 0 Å². The molecule has 112 valence electrons. The zero-order chi connectivity index (χ0) is 14.8. The summed E-state index contributed by atoms with van der Waals surface area (Å²) < 4.78 is 3.38. The highest BCUT2D eigenvalue weighted by molar-refractivity contribution is 9.10. The molecule has 1 aliphatic carbocycles. The molecule has 3 nitrogen and oxygen atoms in total. The first kappa shape index (κ1) is 14.8. The van der Waals surface area contributed by atoms with E-state index >= 15 is 0 Å². The summed E-state index contributed by atoms with van der Waals surface area (Å²) in [6.07, 6.45) is 6.77. The standard InChI is InChI=1S/C17H22BrN3/c1-12(2)19-10-13-7-8-16(14(18)9-13)21-11-20-15-5-3-4-6-17(15)21/h7-9,11-12,19H,3-6,10H2,1-2H3. The van der Waals surface area contributed by atoms with E-state index in [1.807, 2.05) is 6.33 Å². The number of imidazole rings is 1. The zero-order valence-corrected chi connectivity index (χ0v) is 14.3. The average molecular weight is 348 g/mol. The van der Waals surface area contributed by atoms with Crippen LogP contribution in [-0.2, 0) is 19.4 Å². The van der Waals surface area contributed by atoms with Gasteiger partial charge in [-0.1, -0.05) is 19.9 Å². The molecule has 2 aromatic rings. The molecule has 0 radical (unpaired) electrons. The molecule has 0 spiro atoms. The third-order valence-corrected chi connectivity index (χ3v) is 4.65. The van der Waals surface area contributed by atoms with Gasteiger partial charge in [0, 0.05) is 22.8 Å². The minimum absolute atomic E-state index is 0.504. The van der Waals surface area contributed by atoms with Crippen molar-refractivity contribution in [2.24, 2.45) is 0 Å². The average Bonchev–Trinajstić information content (AvgIpc) is 2.89. The lowest BCUT2D eigenvalue weighted by Crippen LogP contribution is -2.21. The summed E-state index contributed by atoms with van der Waals surface area (Å²) in [5.41, 5.74) is 5.15. The Morgan fingerprint density at radius 3 is 2.86 bits per heavy atom. The highest BCUT2D eigenvalue weighted by Crippen LogP contribution is 2.28. The summed E-state index contributed by atoms with van der Waals surface area (Å²) in [6.45, 7) is 5.24. The number of hydrogen-bond donors (Lipinski definition) is 1. The van der Waals surface area contributed by atoms with Crippen molar-refractivity contribution in [2.75, 3.05) is 0 Å². The summed E-state index contributed by atoms with van der Waals surface area (Å²) in [4.78, 5) is 4.59. The van der Waals surface area contributed by atoms with E-state index < -0.39 is 0 Å². The van der Waals surface area contributed by atoms with Gasteiger partial charge in [-0.15, -0.1) is 0 Å². The first-order valence-electron chi connectivity index (χ1n) is 7.72. The van der Waals surface area contributed by atoms with Gasteiger partial charge >= 0.3 is 0 Å². The SMILES string of the molecule is CC(C)NCc1ccc(-n2cnc3c2CCCC3)c(Br)c1. The van der Waals surface area contributed by atoms with Crippen molar-refractivity contribution < 1.29 is 0 Å². The fourth-order valence-corrected chi connectivity index (χ4v) is 3.47. The quantitative estimate of drug-likeness (QED) is 0.905. The van der Waals surface area contributed by atoms with Gasteiger partial charge in [0.05, 0.1) is 17.7 Å². The summed E-state index contributed by atoms with van der Waals surface area (Å²) in [7, 11) is 0. The van der Waals surface area contributed by atoms with E-state index in [2.05, 4.69) is 62.8 Å². The molecule has 1 aromatic carbocycles. The number of halogens is 1. The van der Waals surface area contributed by atoms with Crippen molar-refractivity contribution >= 4 is 15.9 Å². The maximum absolute atomic E-state index is 4.59. The molecule has 21 heavy (non-hydrogen) atoms. The predicted molar refractivity (Wildman–Crippen MR) is 89.9 cm³/mol. The van der Waals surface area contributed by atoms with Crippen LogP contribution in [0.2, 0.25) is 0 Å². The minimum Gasteiger partial charge on any atom is -0.310 e. The van der Waals surface area contributed by atoms with Crippen LogP contribution in [-0.4, -0.2) is 15.6 Å². The molecule has 4 heteroatoms. The van der Waals surface area contributed by atoms with Crippen molar-refractivity contribution in [2.45, 2.75) is 52.1 Å². The Morgan fingerprint density at radius 1 is 1.29 bits per heavy atom. The Morgan fingerprint density at radius 2 is 2.10 bits per heavy atom. The Balaban J connectivity index is 1.87. The number of nitrogens with zero attached hydrogens (tertiary/aromatic N) is 2. The molecule has 1 aromatic heterocycles.